The molecule has 1 atom stereocenters. The zero-order valence-corrected chi connectivity index (χ0v) is 10.7. The second-order valence-corrected chi connectivity index (χ2v) is 5.52. The highest BCUT2D eigenvalue weighted by molar-refractivity contribution is 5.84. The quantitative estimate of drug-likeness (QED) is 0.322. The molecule has 3 aliphatic carbocycles. The molecule has 1 unspecified atom stereocenters. The summed E-state index contributed by atoms with van der Waals surface area (Å²) in [6.45, 7) is 0. The summed E-state index contributed by atoms with van der Waals surface area (Å²) in [5, 5.41) is 12.0. The molecule has 3 aliphatic rings. The van der Waals surface area contributed by atoms with Crippen molar-refractivity contribution in [2.24, 2.45) is 16.8 Å². The summed E-state index contributed by atoms with van der Waals surface area (Å²) in [6, 6.07) is 0. The van der Waals surface area contributed by atoms with Gasteiger partial charge in [0.15, 0.2) is 0 Å². The van der Waals surface area contributed by atoms with Crippen LogP contribution in [0.5, 0.6) is 0 Å². The molecule has 0 saturated carbocycles. The molecule has 3 heteroatoms. The van der Waals surface area contributed by atoms with Crippen LogP contribution in [0, 0.1) is 5.92 Å². The highest BCUT2D eigenvalue weighted by Crippen LogP contribution is 2.45. The smallest absolute Gasteiger partial charge is 0.142 e. The first kappa shape index (κ1) is 11.6. The summed E-state index contributed by atoms with van der Waals surface area (Å²) >= 11 is 0. The lowest BCUT2D eigenvalue weighted by molar-refractivity contribution is 0.314. The minimum atomic E-state index is 0.212. The van der Waals surface area contributed by atoms with Crippen LogP contribution in [-0.2, 0) is 0 Å². The SMILES string of the molecule is NC(=NO)C1CC2=C(C1)C1=C(CCCC=C1)CC2. The molecule has 3 nitrogen and oxygen atoms in total. The van der Waals surface area contributed by atoms with Crippen LogP contribution in [0.15, 0.2) is 39.6 Å². The monoisotopic (exact) mass is 244 g/mol. The summed E-state index contributed by atoms with van der Waals surface area (Å²) < 4.78 is 0. The minimum absolute atomic E-state index is 0.212. The number of rotatable bonds is 1. The fourth-order valence-corrected chi connectivity index (χ4v) is 3.49. The molecular formula is C15H20N2O. The lowest BCUT2D eigenvalue weighted by atomic mass is 9.86. The van der Waals surface area contributed by atoms with Crippen LogP contribution in [-0.4, -0.2) is 11.0 Å². The summed E-state index contributed by atoms with van der Waals surface area (Å²) in [5.41, 5.74) is 11.9. The predicted octanol–water partition coefficient (Wildman–Crippen LogP) is 3.27. The van der Waals surface area contributed by atoms with Gasteiger partial charge in [-0.3, -0.25) is 0 Å². The number of nitrogens with zero attached hydrogens (tertiary/aromatic N) is 1. The Labute approximate surface area is 108 Å². The maximum atomic E-state index is 8.82. The Kier molecular flexibility index (Phi) is 2.98. The Bertz CT molecular complexity index is 483. The van der Waals surface area contributed by atoms with Gasteiger partial charge in [-0.2, -0.15) is 0 Å². The number of amidine groups is 1. The average Bonchev–Trinajstić information content (AvgIpc) is 2.69. The fourth-order valence-electron chi connectivity index (χ4n) is 3.49. The van der Waals surface area contributed by atoms with Gasteiger partial charge >= 0.3 is 0 Å². The van der Waals surface area contributed by atoms with Gasteiger partial charge in [-0.25, -0.2) is 0 Å². The van der Waals surface area contributed by atoms with E-state index in [1.807, 2.05) is 0 Å². The Hall–Kier alpha value is -1.51. The van der Waals surface area contributed by atoms with Crippen molar-refractivity contribution < 1.29 is 5.21 Å². The van der Waals surface area contributed by atoms with E-state index >= 15 is 0 Å². The van der Waals surface area contributed by atoms with Crippen molar-refractivity contribution in [3.05, 3.63) is 34.4 Å². The van der Waals surface area contributed by atoms with Gasteiger partial charge in [-0.15, -0.1) is 0 Å². The normalized spacial score (nSPS) is 28.2. The van der Waals surface area contributed by atoms with Gasteiger partial charge in [0.1, 0.15) is 5.84 Å². The molecular weight excluding hydrogens is 224 g/mol. The van der Waals surface area contributed by atoms with E-state index in [0.29, 0.717) is 5.84 Å². The van der Waals surface area contributed by atoms with E-state index in [4.69, 9.17) is 10.9 Å². The zero-order valence-electron chi connectivity index (χ0n) is 10.7. The van der Waals surface area contributed by atoms with E-state index in [9.17, 15) is 0 Å². The maximum absolute atomic E-state index is 8.82. The molecule has 96 valence electrons. The van der Waals surface area contributed by atoms with E-state index in [1.165, 1.54) is 48.8 Å². The second-order valence-electron chi connectivity index (χ2n) is 5.52. The molecule has 0 fully saturated rings. The van der Waals surface area contributed by atoms with E-state index < -0.39 is 0 Å². The van der Waals surface area contributed by atoms with E-state index in [2.05, 4.69) is 17.3 Å². The number of nitrogens with two attached hydrogens (primary N) is 1. The van der Waals surface area contributed by atoms with Crippen molar-refractivity contribution in [2.45, 2.75) is 44.9 Å². The molecule has 0 aromatic rings. The van der Waals surface area contributed by atoms with E-state index in [1.54, 1.807) is 5.57 Å². The summed E-state index contributed by atoms with van der Waals surface area (Å²) in [7, 11) is 0. The highest BCUT2D eigenvalue weighted by atomic mass is 16.4. The van der Waals surface area contributed by atoms with E-state index in [0.717, 1.165) is 12.8 Å². The number of fused-ring (bicyclic) bond motifs is 1. The van der Waals surface area contributed by atoms with Gasteiger partial charge in [-0.05, 0) is 56.1 Å². The number of allylic oxidation sites excluding steroid dienone is 6. The molecule has 3 N–H and O–H groups in total. The molecule has 0 radical (unpaired) electrons. The Balaban J connectivity index is 1.90. The third-order valence-corrected chi connectivity index (χ3v) is 4.47. The molecule has 0 heterocycles. The van der Waals surface area contributed by atoms with Crippen molar-refractivity contribution in [1.29, 1.82) is 0 Å². The first-order valence-corrected chi connectivity index (χ1v) is 6.87. The largest absolute Gasteiger partial charge is 0.409 e. The molecule has 0 aromatic heterocycles. The van der Waals surface area contributed by atoms with Crippen LogP contribution in [0.1, 0.15) is 44.9 Å². The predicted molar refractivity (Wildman–Crippen MR) is 72.4 cm³/mol. The summed E-state index contributed by atoms with van der Waals surface area (Å²) in [6.07, 6.45) is 12.7. The van der Waals surface area contributed by atoms with Crippen LogP contribution in [0.2, 0.25) is 0 Å². The fraction of sp³-hybridized carbons (Fsp3) is 0.533. The standard InChI is InChI=1S/C15H20N2O/c16-15(17-18)12-8-11-7-6-10-4-2-1-3-5-13(10)14(11)9-12/h3,5,12,18H,1-2,4,6-9H2,(H2,16,17). The number of oxime groups is 1. The first-order valence-electron chi connectivity index (χ1n) is 6.87. The van der Waals surface area contributed by atoms with Crippen LogP contribution in [0.25, 0.3) is 0 Å². The molecule has 0 aromatic carbocycles. The van der Waals surface area contributed by atoms with Gasteiger partial charge < -0.3 is 10.9 Å². The van der Waals surface area contributed by atoms with Crippen molar-refractivity contribution in [2.75, 3.05) is 0 Å². The molecule has 18 heavy (non-hydrogen) atoms. The third kappa shape index (κ3) is 1.88. The topological polar surface area (TPSA) is 58.6 Å². The molecule has 0 bridgehead atoms. The Morgan fingerprint density at radius 2 is 2.06 bits per heavy atom. The molecule has 3 rings (SSSR count). The van der Waals surface area contributed by atoms with Crippen LogP contribution in [0.4, 0.5) is 0 Å². The molecule has 0 aliphatic heterocycles. The van der Waals surface area contributed by atoms with Gasteiger partial charge in [0.25, 0.3) is 0 Å². The summed E-state index contributed by atoms with van der Waals surface area (Å²) in [4.78, 5) is 0. The Morgan fingerprint density at radius 3 is 2.89 bits per heavy atom. The van der Waals surface area contributed by atoms with Crippen LogP contribution < -0.4 is 5.73 Å². The number of hydrogen-bond donors (Lipinski definition) is 2. The van der Waals surface area contributed by atoms with Crippen molar-refractivity contribution in [1.82, 2.24) is 0 Å². The lowest BCUT2D eigenvalue weighted by Gasteiger charge is -2.20. The third-order valence-electron chi connectivity index (χ3n) is 4.47. The maximum Gasteiger partial charge on any atom is 0.142 e. The van der Waals surface area contributed by atoms with Crippen molar-refractivity contribution in [3.63, 3.8) is 0 Å². The second kappa shape index (κ2) is 4.63. The van der Waals surface area contributed by atoms with Gasteiger partial charge in [0.05, 0.1) is 0 Å². The van der Waals surface area contributed by atoms with E-state index in [-0.39, 0.29) is 5.92 Å². The Morgan fingerprint density at radius 1 is 1.22 bits per heavy atom. The minimum Gasteiger partial charge on any atom is -0.409 e. The van der Waals surface area contributed by atoms with Gasteiger partial charge in [0.2, 0.25) is 0 Å². The van der Waals surface area contributed by atoms with Gasteiger partial charge in [0, 0.05) is 5.92 Å². The zero-order chi connectivity index (χ0) is 12.5. The van der Waals surface area contributed by atoms with Gasteiger partial charge in [-0.1, -0.05) is 28.5 Å². The highest BCUT2D eigenvalue weighted by Gasteiger charge is 2.31. The van der Waals surface area contributed by atoms with Crippen molar-refractivity contribution >= 4 is 5.84 Å². The average molecular weight is 244 g/mol. The molecule has 0 spiro atoms. The van der Waals surface area contributed by atoms with Crippen LogP contribution >= 0.6 is 0 Å². The van der Waals surface area contributed by atoms with Crippen molar-refractivity contribution in [3.8, 4) is 0 Å². The molecule has 0 saturated heterocycles. The van der Waals surface area contributed by atoms with Crippen LogP contribution in [0.3, 0.4) is 0 Å². The first-order chi connectivity index (χ1) is 8.79. The molecule has 0 amide bonds. The lowest BCUT2D eigenvalue weighted by Crippen LogP contribution is -2.21. The number of hydrogen-bond acceptors (Lipinski definition) is 2. The summed E-state index contributed by atoms with van der Waals surface area (Å²) in [5.74, 6) is 0.604.